The van der Waals surface area contributed by atoms with Crippen molar-refractivity contribution in [1.29, 1.82) is 0 Å². The Kier molecular flexibility index (Phi) is 9.51. The minimum absolute atomic E-state index is 0.00300. The van der Waals surface area contributed by atoms with Gasteiger partial charge in [-0.1, -0.05) is 25.1 Å². The minimum Gasteiger partial charge on any atom is -0.488 e. The molecule has 0 fully saturated rings. The summed E-state index contributed by atoms with van der Waals surface area (Å²) in [5.41, 5.74) is 3.07. The summed E-state index contributed by atoms with van der Waals surface area (Å²) in [5.74, 6) is 0.526. The van der Waals surface area contributed by atoms with Crippen LogP contribution in [0.2, 0.25) is 0 Å². The number of aliphatic hydroxyl groups excluding tert-OH is 1. The van der Waals surface area contributed by atoms with E-state index >= 15 is 0 Å². The lowest BCUT2D eigenvalue weighted by molar-refractivity contribution is -0.134. The summed E-state index contributed by atoms with van der Waals surface area (Å²) in [4.78, 5) is 34.0. The van der Waals surface area contributed by atoms with Gasteiger partial charge in [0.15, 0.2) is 0 Å². The summed E-state index contributed by atoms with van der Waals surface area (Å²) in [6.45, 7) is 5.63. The van der Waals surface area contributed by atoms with Crippen LogP contribution >= 0.6 is 0 Å². The van der Waals surface area contributed by atoms with Gasteiger partial charge in [-0.15, -0.1) is 0 Å². The van der Waals surface area contributed by atoms with Gasteiger partial charge in [0, 0.05) is 54.9 Å². The summed E-state index contributed by atoms with van der Waals surface area (Å²) < 4.78 is 6.58. The fourth-order valence-corrected chi connectivity index (χ4v) is 4.71. The lowest BCUT2D eigenvalue weighted by Gasteiger charge is -2.34. The lowest BCUT2D eigenvalue weighted by atomic mass is 10.0. The number of fused-ring (bicyclic) bond motifs is 1. The molecular formula is C30H37N5O4. The smallest absolute Gasteiger partial charge is 0.323 e. The van der Waals surface area contributed by atoms with Gasteiger partial charge in [0.05, 0.1) is 19.1 Å². The molecule has 1 aliphatic rings. The van der Waals surface area contributed by atoms with E-state index in [0.29, 0.717) is 35.8 Å². The number of aliphatic hydroxyl groups is 1. The van der Waals surface area contributed by atoms with Crippen LogP contribution in [0.3, 0.4) is 0 Å². The number of nitrogens with zero attached hydrogens (tertiary/aromatic N) is 3. The zero-order valence-corrected chi connectivity index (χ0v) is 22.7. The highest BCUT2D eigenvalue weighted by Gasteiger charge is 2.31. The molecule has 0 aliphatic carbocycles. The molecule has 2 aromatic carbocycles. The zero-order chi connectivity index (χ0) is 27.8. The molecule has 9 heteroatoms. The highest BCUT2D eigenvalue weighted by atomic mass is 16.5. The molecule has 1 aromatic heterocycles. The molecule has 3 N–H and O–H groups in total. The van der Waals surface area contributed by atoms with Crippen LogP contribution in [0.4, 0.5) is 16.2 Å². The van der Waals surface area contributed by atoms with Gasteiger partial charge in [-0.05, 0) is 62.0 Å². The Labute approximate surface area is 229 Å². The number of hydrogen-bond acceptors (Lipinski definition) is 6. The molecule has 0 saturated heterocycles. The molecule has 3 amide bonds. The van der Waals surface area contributed by atoms with Crippen molar-refractivity contribution in [2.75, 3.05) is 37.4 Å². The summed E-state index contributed by atoms with van der Waals surface area (Å²) in [5, 5.41) is 15.5. The van der Waals surface area contributed by atoms with Crippen molar-refractivity contribution in [1.82, 2.24) is 14.8 Å². The number of urea groups is 1. The van der Waals surface area contributed by atoms with Crippen LogP contribution in [0.5, 0.6) is 5.75 Å². The molecule has 3 aromatic rings. The number of pyridine rings is 1. The van der Waals surface area contributed by atoms with Gasteiger partial charge in [-0.25, -0.2) is 4.79 Å². The number of para-hydroxylation sites is 1. The summed E-state index contributed by atoms with van der Waals surface area (Å²) in [6.07, 6.45) is 3.45. The Bertz CT molecular complexity index is 1240. The molecule has 2 heterocycles. The van der Waals surface area contributed by atoms with E-state index in [1.54, 1.807) is 41.6 Å². The third-order valence-corrected chi connectivity index (χ3v) is 6.90. The van der Waals surface area contributed by atoms with E-state index in [1.165, 1.54) is 0 Å². The van der Waals surface area contributed by atoms with Gasteiger partial charge in [0.1, 0.15) is 11.9 Å². The van der Waals surface area contributed by atoms with Crippen LogP contribution in [-0.2, 0) is 17.8 Å². The number of likely N-dealkylation sites (N-methyl/N-ethyl adjacent to an activating group) is 1. The van der Waals surface area contributed by atoms with Crippen molar-refractivity contribution in [3.8, 4) is 5.75 Å². The second-order valence-electron chi connectivity index (χ2n) is 10.2. The molecule has 39 heavy (non-hydrogen) atoms. The van der Waals surface area contributed by atoms with E-state index in [1.807, 2.05) is 50.4 Å². The maximum Gasteiger partial charge on any atom is 0.323 e. The van der Waals surface area contributed by atoms with Gasteiger partial charge in [0.25, 0.3) is 0 Å². The lowest BCUT2D eigenvalue weighted by Crippen LogP contribution is -2.47. The van der Waals surface area contributed by atoms with Crippen LogP contribution in [0.1, 0.15) is 25.0 Å². The first kappa shape index (κ1) is 28.1. The number of carbonyl (C=O) groups excluding carboxylic acids is 2. The maximum absolute atomic E-state index is 13.4. The Balaban J connectivity index is 1.56. The predicted molar refractivity (Wildman–Crippen MR) is 152 cm³/mol. The maximum atomic E-state index is 13.4. The van der Waals surface area contributed by atoms with Crippen LogP contribution in [0.25, 0.3) is 0 Å². The normalized spacial score (nSPS) is 18.3. The monoisotopic (exact) mass is 531 g/mol. The molecule has 0 bridgehead atoms. The molecule has 0 radical (unpaired) electrons. The number of rotatable bonds is 8. The first-order valence-electron chi connectivity index (χ1n) is 13.2. The second-order valence-corrected chi connectivity index (χ2v) is 10.2. The van der Waals surface area contributed by atoms with Crippen LogP contribution in [0, 0.1) is 5.92 Å². The number of aromatic nitrogens is 1. The fraction of sp³-hybridized carbons (Fsp3) is 0.367. The van der Waals surface area contributed by atoms with Crippen molar-refractivity contribution < 1.29 is 19.4 Å². The third kappa shape index (κ3) is 7.78. The number of nitrogens with one attached hydrogen (secondary N) is 2. The zero-order valence-electron chi connectivity index (χ0n) is 22.7. The largest absolute Gasteiger partial charge is 0.488 e. The first-order chi connectivity index (χ1) is 18.8. The minimum atomic E-state index is -0.378. The summed E-state index contributed by atoms with van der Waals surface area (Å²) in [7, 11) is 2.04. The molecule has 0 unspecified atom stereocenters. The Morgan fingerprint density at radius 2 is 1.85 bits per heavy atom. The Morgan fingerprint density at radius 3 is 2.56 bits per heavy atom. The number of benzene rings is 2. The van der Waals surface area contributed by atoms with E-state index in [-0.39, 0.29) is 43.0 Å². The molecule has 9 nitrogen and oxygen atoms in total. The average molecular weight is 532 g/mol. The SMILES string of the molecule is C[C@H]1CN([C@@H](C)CO)C(=O)Cc2cc(NC(=O)Nc3ccccc3)ccc2O[C@H]1CN(C)Cc1ccncc1. The highest BCUT2D eigenvalue weighted by Crippen LogP contribution is 2.29. The number of carbonyl (C=O) groups is 2. The highest BCUT2D eigenvalue weighted by molar-refractivity contribution is 5.99. The number of ether oxygens (including phenoxy) is 1. The quantitative estimate of drug-likeness (QED) is 0.406. The van der Waals surface area contributed by atoms with Gasteiger partial charge in [0.2, 0.25) is 5.91 Å². The van der Waals surface area contributed by atoms with E-state index in [0.717, 1.165) is 12.1 Å². The molecule has 0 spiro atoms. The van der Waals surface area contributed by atoms with Gasteiger partial charge in [-0.2, -0.15) is 0 Å². The number of hydrogen-bond donors (Lipinski definition) is 3. The first-order valence-corrected chi connectivity index (χ1v) is 13.2. The van der Waals surface area contributed by atoms with Gasteiger partial charge < -0.3 is 25.4 Å². The van der Waals surface area contributed by atoms with Crippen LogP contribution in [-0.4, -0.2) is 70.7 Å². The van der Waals surface area contributed by atoms with Crippen molar-refractivity contribution in [2.24, 2.45) is 5.92 Å². The molecule has 4 rings (SSSR count). The molecule has 206 valence electrons. The molecule has 1 aliphatic heterocycles. The van der Waals surface area contributed by atoms with E-state index in [9.17, 15) is 14.7 Å². The van der Waals surface area contributed by atoms with Gasteiger partial charge in [-0.3, -0.25) is 14.7 Å². The van der Waals surface area contributed by atoms with Crippen LogP contribution in [0.15, 0.2) is 73.1 Å². The van der Waals surface area contributed by atoms with Gasteiger partial charge >= 0.3 is 6.03 Å². The Morgan fingerprint density at radius 1 is 1.13 bits per heavy atom. The van der Waals surface area contributed by atoms with E-state index in [2.05, 4.69) is 27.4 Å². The standard InChI is InChI=1S/C30H37N5O4/c1-21-17-35(22(2)20-36)29(37)16-24-15-26(33-30(38)32-25-7-5-4-6-8-25)9-10-27(24)39-28(21)19-34(3)18-23-11-13-31-14-12-23/h4-15,21-22,28,36H,16-20H2,1-3H3,(H2,32,33,38)/t21-,22-,28-/m0/s1. The summed E-state index contributed by atoms with van der Waals surface area (Å²) in [6, 6.07) is 17.8. The van der Waals surface area contributed by atoms with Crippen LogP contribution < -0.4 is 15.4 Å². The van der Waals surface area contributed by atoms with E-state index < -0.39 is 0 Å². The van der Waals surface area contributed by atoms with Crippen molar-refractivity contribution >= 4 is 23.3 Å². The summed E-state index contributed by atoms with van der Waals surface area (Å²) >= 11 is 0. The molecular weight excluding hydrogens is 494 g/mol. The predicted octanol–water partition coefficient (Wildman–Crippen LogP) is 4.01. The third-order valence-electron chi connectivity index (χ3n) is 6.90. The molecule has 3 atom stereocenters. The second kappa shape index (κ2) is 13.2. The Hall–Kier alpha value is -3.95. The fourth-order valence-electron chi connectivity index (χ4n) is 4.71. The topological polar surface area (TPSA) is 107 Å². The molecule has 0 saturated carbocycles. The van der Waals surface area contributed by atoms with Crippen molar-refractivity contribution in [3.63, 3.8) is 0 Å². The number of anilines is 2. The average Bonchev–Trinajstić information content (AvgIpc) is 2.97. The van der Waals surface area contributed by atoms with Crippen molar-refractivity contribution in [2.45, 2.75) is 39.0 Å². The van der Waals surface area contributed by atoms with Crippen molar-refractivity contribution in [3.05, 3.63) is 84.2 Å². The van der Waals surface area contributed by atoms with E-state index in [4.69, 9.17) is 4.74 Å². The number of amides is 3.